The van der Waals surface area contributed by atoms with Crippen molar-refractivity contribution in [1.29, 1.82) is 0 Å². The summed E-state index contributed by atoms with van der Waals surface area (Å²) in [5.74, 6) is 0.841. The Morgan fingerprint density at radius 3 is 2.44 bits per heavy atom. The van der Waals surface area contributed by atoms with E-state index in [1.807, 2.05) is 36.1 Å². The van der Waals surface area contributed by atoms with Crippen molar-refractivity contribution in [1.82, 2.24) is 4.90 Å². The van der Waals surface area contributed by atoms with Gasteiger partial charge in [0.1, 0.15) is 12.3 Å². The Hall–Kier alpha value is -2.33. The first-order chi connectivity index (χ1) is 12.1. The standard InChI is InChI=1S/C21H26N2O2/c1-17-6-8-19(9-7-17)15-22-10-12-23(13-11-22)21(24)16-25-20-5-3-4-18(2)14-20/h3-9,14H,10-13,15-16H2,1-2H3/p+1. The number of nitrogens with one attached hydrogen (secondary N) is 1. The summed E-state index contributed by atoms with van der Waals surface area (Å²) in [6.07, 6.45) is 0. The van der Waals surface area contributed by atoms with E-state index in [2.05, 4.69) is 31.2 Å². The number of quaternary nitrogens is 1. The number of hydrogen-bond donors (Lipinski definition) is 1. The maximum atomic E-state index is 12.4. The van der Waals surface area contributed by atoms with Gasteiger partial charge in [-0.15, -0.1) is 0 Å². The van der Waals surface area contributed by atoms with E-state index in [1.165, 1.54) is 16.0 Å². The van der Waals surface area contributed by atoms with Gasteiger partial charge in [-0.05, 0) is 31.5 Å². The van der Waals surface area contributed by atoms with E-state index in [1.54, 1.807) is 0 Å². The quantitative estimate of drug-likeness (QED) is 0.898. The minimum absolute atomic E-state index is 0.0795. The number of rotatable bonds is 5. The van der Waals surface area contributed by atoms with Crippen LogP contribution in [0.4, 0.5) is 0 Å². The molecule has 1 aliphatic heterocycles. The normalized spacial score (nSPS) is 15.2. The summed E-state index contributed by atoms with van der Waals surface area (Å²) in [7, 11) is 0. The molecule has 0 aromatic heterocycles. The summed E-state index contributed by atoms with van der Waals surface area (Å²) in [6.45, 7) is 8.87. The highest BCUT2D eigenvalue weighted by Gasteiger charge is 2.23. The van der Waals surface area contributed by atoms with E-state index in [-0.39, 0.29) is 12.5 Å². The van der Waals surface area contributed by atoms with Crippen LogP contribution in [0.5, 0.6) is 5.75 Å². The van der Waals surface area contributed by atoms with Gasteiger partial charge in [0.2, 0.25) is 0 Å². The fourth-order valence-corrected chi connectivity index (χ4v) is 3.19. The molecule has 0 saturated carbocycles. The lowest BCUT2D eigenvalue weighted by atomic mass is 10.1. The zero-order valence-electron chi connectivity index (χ0n) is 15.1. The first-order valence-corrected chi connectivity index (χ1v) is 8.96. The highest BCUT2D eigenvalue weighted by Crippen LogP contribution is 2.12. The predicted octanol–water partition coefficient (Wildman–Crippen LogP) is 1.61. The van der Waals surface area contributed by atoms with Crippen LogP contribution in [-0.4, -0.2) is 43.6 Å². The molecule has 132 valence electrons. The lowest BCUT2D eigenvalue weighted by molar-refractivity contribution is -0.917. The number of carbonyl (C=O) groups excluding carboxylic acids is 1. The lowest BCUT2D eigenvalue weighted by Gasteiger charge is -2.32. The van der Waals surface area contributed by atoms with Crippen LogP contribution in [0.15, 0.2) is 48.5 Å². The van der Waals surface area contributed by atoms with Gasteiger partial charge in [-0.1, -0.05) is 42.0 Å². The first kappa shape index (κ1) is 17.5. The number of hydrogen-bond acceptors (Lipinski definition) is 2. The average molecular weight is 339 g/mol. The minimum Gasteiger partial charge on any atom is -0.484 e. The molecule has 3 rings (SSSR count). The molecule has 0 spiro atoms. The summed E-state index contributed by atoms with van der Waals surface area (Å²) >= 11 is 0. The van der Waals surface area contributed by atoms with Crippen LogP contribution in [0.2, 0.25) is 0 Å². The Labute approximate surface area is 150 Å². The third-order valence-electron chi connectivity index (χ3n) is 4.75. The van der Waals surface area contributed by atoms with Gasteiger partial charge < -0.3 is 14.5 Å². The summed E-state index contributed by atoms with van der Waals surface area (Å²) < 4.78 is 5.64. The average Bonchev–Trinajstić information content (AvgIpc) is 2.62. The molecule has 1 saturated heterocycles. The van der Waals surface area contributed by atoms with Gasteiger partial charge in [0, 0.05) is 5.56 Å². The fourth-order valence-electron chi connectivity index (χ4n) is 3.19. The summed E-state index contributed by atoms with van der Waals surface area (Å²) in [4.78, 5) is 15.8. The maximum absolute atomic E-state index is 12.4. The van der Waals surface area contributed by atoms with Crippen molar-refractivity contribution in [2.75, 3.05) is 32.8 Å². The maximum Gasteiger partial charge on any atom is 0.260 e. The van der Waals surface area contributed by atoms with Gasteiger partial charge in [0.05, 0.1) is 26.2 Å². The molecule has 1 aliphatic rings. The van der Waals surface area contributed by atoms with Gasteiger partial charge in [-0.25, -0.2) is 0 Å². The molecule has 2 aromatic rings. The molecular formula is C21H27N2O2+. The molecule has 0 aliphatic carbocycles. The van der Waals surface area contributed by atoms with Gasteiger partial charge in [-0.3, -0.25) is 4.79 Å². The SMILES string of the molecule is Cc1ccc(C[NH+]2CCN(C(=O)COc3cccc(C)c3)CC2)cc1. The lowest BCUT2D eigenvalue weighted by Crippen LogP contribution is -3.13. The predicted molar refractivity (Wildman–Crippen MR) is 98.8 cm³/mol. The van der Waals surface area contributed by atoms with Crippen molar-refractivity contribution >= 4 is 5.91 Å². The van der Waals surface area contributed by atoms with Crippen LogP contribution in [-0.2, 0) is 11.3 Å². The number of carbonyl (C=O) groups is 1. The van der Waals surface area contributed by atoms with E-state index in [4.69, 9.17) is 4.74 Å². The van der Waals surface area contributed by atoms with Crippen molar-refractivity contribution in [2.45, 2.75) is 20.4 Å². The van der Waals surface area contributed by atoms with Crippen LogP contribution >= 0.6 is 0 Å². The third-order valence-corrected chi connectivity index (χ3v) is 4.75. The molecule has 25 heavy (non-hydrogen) atoms. The number of ether oxygens (including phenoxy) is 1. The van der Waals surface area contributed by atoms with Crippen molar-refractivity contribution in [2.24, 2.45) is 0 Å². The topological polar surface area (TPSA) is 34.0 Å². The summed E-state index contributed by atoms with van der Waals surface area (Å²) in [5, 5.41) is 0. The molecule has 1 heterocycles. The van der Waals surface area contributed by atoms with Gasteiger partial charge in [0.25, 0.3) is 5.91 Å². The molecule has 4 nitrogen and oxygen atoms in total. The van der Waals surface area contributed by atoms with Crippen molar-refractivity contribution in [3.05, 3.63) is 65.2 Å². The number of benzene rings is 2. The van der Waals surface area contributed by atoms with Crippen molar-refractivity contribution in [3.63, 3.8) is 0 Å². The number of piperazine rings is 1. The second kappa shape index (κ2) is 8.17. The number of aryl methyl sites for hydroxylation is 2. The van der Waals surface area contributed by atoms with Gasteiger partial charge in [0.15, 0.2) is 6.61 Å². The molecule has 1 N–H and O–H groups in total. The highest BCUT2D eigenvalue weighted by atomic mass is 16.5. The molecule has 1 fully saturated rings. The number of nitrogens with zero attached hydrogens (tertiary/aromatic N) is 1. The van der Waals surface area contributed by atoms with E-state index in [0.29, 0.717) is 0 Å². The highest BCUT2D eigenvalue weighted by molar-refractivity contribution is 5.77. The summed E-state index contributed by atoms with van der Waals surface area (Å²) in [5.41, 5.74) is 3.80. The molecule has 2 aromatic carbocycles. The molecule has 0 bridgehead atoms. The molecule has 0 atom stereocenters. The Balaban J connectivity index is 1.43. The second-order valence-electron chi connectivity index (χ2n) is 6.90. The third kappa shape index (κ3) is 5.07. The molecule has 4 heteroatoms. The summed E-state index contributed by atoms with van der Waals surface area (Å²) in [6, 6.07) is 16.5. The fraction of sp³-hybridized carbons (Fsp3) is 0.381. The smallest absolute Gasteiger partial charge is 0.260 e. The van der Waals surface area contributed by atoms with Gasteiger partial charge >= 0.3 is 0 Å². The van der Waals surface area contributed by atoms with Gasteiger partial charge in [-0.2, -0.15) is 0 Å². The zero-order chi connectivity index (χ0) is 17.6. The van der Waals surface area contributed by atoms with Crippen LogP contribution in [0.3, 0.4) is 0 Å². The van der Waals surface area contributed by atoms with Crippen LogP contribution in [0.1, 0.15) is 16.7 Å². The second-order valence-corrected chi connectivity index (χ2v) is 6.90. The van der Waals surface area contributed by atoms with Crippen molar-refractivity contribution in [3.8, 4) is 5.75 Å². The largest absolute Gasteiger partial charge is 0.484 e. The van der Waals surface area contributed by atoms with Crippen molar-refractivity contribution < 1.29 is 14.4 Å². The zero-order valence-corrected chi connectivity index (χ0v) is 15.1. The van der Waals surface area contributed by atoms with E-state index in [0.717, 1.165) is 44.0 Å². The van der Waals surface area contributed by atoms with E-state index >= 15 is 0 Å². The Morgan fingerprint density at radius 2 is 1.76 bits per heavy atom. The Morgan fingerprint density at radius 1 is 1.04 bits per heavy atom. The van der Waals surface area contributed by atoms with Crippen LogP contribution in [0, 0.1) is 13.8 Å². The minimum atomic E-state index is 0.0795. The number of amides is 1. The van der Waals surface area contributed by atoms with E-state index in [9.17, 15) is 4.79 Å². The molecule has 0 radical (unpaired) electrons. The van der Waals surface area contributed by atoms with E-state index < -0.39 is 0 Å². The Kier molecular flexibility index (Phi) is 5.71. The first-order valence-electron chi connectivity index (χ1n) is 8.96. The van der Waals surface area contributed by atoms with Crippen LogP contribution in [0.25, 0.3) is 0 Å². The Bertz CT molecular complexity index is 704. The monoisotopic (exact) mass is 339 g/mol. The molecule has 0 unspecified atom stereocenters. The van der Waals surface area contributed by atoms with Crippen LogP contribution < -0.4 is 9.64 Å². The molecular weight excluding hydrogens is 312 g/mol. The molecule has 1 amide bonds.